The summed E-state index contributed by atoms with van der Waals surface area (Å²) in [6, 6.07) is 2.03. The van der Waals surface area contributed by atoms with Crippen LogP contribution >= 0.6 is 11.3 Å². The minimum Gasteiger partial charge on any atom is -0.477 e. The van der Waals surface area contributed by atoms with Crippen molar-refractivity contribution in [2.75, 3.05) is 18.0 Å². The van der Waals surface area contributed by atoms with Crippen LogP contribution in [0.1, 0.15) is 100 Å². The highest BCUT2D eigenvalue weighted by Gasteiger charge is 2.38. The van der Waals surface area contributed by atoms with Crippen molar-refractivity contribution in [2.45, 2.75) is 109 Å². The first-order chi connectivity index (χ1) is 16.1. The molecule has 0 radical (unpaired) electrons. The SMILES string of the molecule is CC(C)(C)c1cc(N(C(=O)[C@H]2CC[C@H](C)CC2)[C@H]2CC[C@H](O[C@@H]3CCNC3)CC2)c(C(=O)O)s1. The molecule has 0 bridgehead atoms. The Kier molecular flexibility index (Phi) is 8.05. The van der Waals surface area contributed by atoms with Crippen molar-refractivity contribution < 1.29 is 19.4 Å². The molecule has 2 N–H and O–H groups in total. The summed E-state index contributed by atoms with van der Waals surface area (Å²) in [5, 5.41) is 13.4. The van der Waals surface area contributed by atoms with Gasteiger partial charge in [-0.05, 0) is 81.7 Å². The van der Waals surface area contributed by atoms with Crippen LogP contribution in [0.25, 0.3) is 0 Å². The van der Waals surface area contributed by atoms with E-state index in [1.165, 1.54) is 11.3 Å². The number of carboxylic acids is 1. The van der Waals surface area contributed by atoms with Gasteiger partial charge >= 0.3 is 5.97 Å². The number of hydrogen-bond donors (Lipinski definition) is 2. The lowest BCUT2D eigenvalue weighted by Crippen LogP contribution is -2.47. The predicted octanol–water partition coefficient (Wildman–Crippen LogP) is 5.59. The van der Waals surface area contributed by atoms with Crippen molar-refractivity contribution in [1.29, 1.82) is 0 Å². The standard InChI is InChI=1S/C27H42N2O4S/c1-17-5-7-18(8-6-17)25(30)29(22-15-23(27(2,3)4)34-24(22)26(31)32)19-9-11-20(12-10-19)33-21-13-14-28-16-21/h15,17-21,28H,5-14,16H2,1-4H3,(H,31,32)/t17-,18-,19-,20-,21-/m1/s1. The second-order valence-electron chi connectivity index (χ2n) is 11.7. The zero-order chi connectivity index (χ0) is 24.5. The first-order valence-corrected chi connectivity index (χ1v) is 14.0. The van der Waals surface area contributed by atoms with Gasteiger partial charge in [-0.2, -0.15) is 0 Å². The molecule has 0 aromatic carbocycles. The predicted molar refractivity (Wildman–Crippen MR) is 137 cm³/mol. The van der Waals surface area contributed by atoms with E-state index in [4.69, 9.17) is 4.74 Å². The number of carbonyl (C=O) groups is 2. The molecule has 0 spiro atoms. The van der Waals surface area contributed by atoms with E-state index >= 15 is 0 Å². The van der Waals surface area contributed by atoms with E-state index in [1.807, 2.05) is 11.0 Å². The molecule has 1 amide bonds. The number of nitrogens with zero attached hydrogens (tertiary/aromatic N) is 1. The molecule has 2 heterocycles. The number of aromatic carboxylic acids is 1. The lowest BCUT2D eigenvalue weighted by Gasteiger charge is -2.40. The van der Waals surface area contributed by atoms with E-state index in [2.05, 4.69) is 33.0 Å². The molecule has 4 rings (SSSR count). The maximum atomic E-state index is 14.0. The summed E-state index contributed by atoms with van der Waals surface area (Å²) in [5.41, 5.74) is 0.457. The van der Waals surface area contributed by atoms with Crippen LogP contribution in [0.5, 0.6) is 0 Å². The van der Waals surface area contributed by atoms with Gasteiger partial charge < -0.3 is 20.1 Å². The fraction of sp³-hybridized carbons (Fsp3) is 0.778. The summed E-state index contributed by atoms with van der Waals surface area (Å²) in [4.78, 5) is 29.5. The minimum absolute atomic E-state index is 0.00521. The molecule has 0 unspecified atom stereocenters. The van der Waals surface area contributed by atoms with E-state index in [1.54, 1.807) is 0 Å². The Morgan fingerprint density at radius 2 is 1.71 bits per heavy atom. The zero-order valence-corrected chi connectivity index (χ0v) is 22.1. The van der Waals surface area contributed by atoms with Crippen molar-refractivity contribution in [2.24, 2.45) is 11.8 Å². The van der Waals surface area contributed by atoms with E-state index in [-0.39, 0.29) is 29.4 Å². The van der Waals surface area contributed by atoms with Crippen molar-refractivity contribution in [3.63, 3.8) is 0 Å². The Balaban J connectivity index is 1.58. The molecular weight excluding hydrogens is 448 g/mol. The fourth-order valence-corrected chi connectivity index (χ4v) is 6.78. The molecule has 1 saturated heterocycles. The van der Waals surface area contributed by atoms with Gasteiger partial charge in [-0.15, -0.1) is 11.3 Å². The van der Waals surface area contributed by atoms with Crippen molar-refractivity contribution in [3.8, 4) is 0 Å². The number of rotatable bonds is 6. The number of nitrogens with one attached hydrogen (secondary N) is 1. The maximum Gasteiger partial charge on any atom is 0.348 e. The lowest BCUT2D eigenvalue weighted by atomic mass is 9.81. The molecule has 6 nitrogen and oxygen atoms in total. The topological polar surface area (TPSA) is 78.9 Å². The van der Waals surface area contributed by atoms with Crippen LogP contribution in [0.3, 0.4) is 0 Å². The summed E-state index contributed by atoms with van der Waals surface area (Å²) in [7, 11) is 0. The smallest absolute Gasteiger partial charge is 0.348 e. The van der Waals surface area contributed by atoms with Gasteiger partial charge in [-0.1, -0.05) is 27.7 Å². The highest BCUT2D eigenvalue weighted by molar-refractivity contribution is 7.14. The van der Waals surface area contributed by atoms with Crippen LogP contribution < -0.4 is 10.2 Å². The Bertz CT molecular complexity index is 854. The van der Waals surface area contributed by atoms with Crippen LogP contribution in [-0.2, 0) is 14.9 Å². The third-order valence-corrected chi connectivity index (χ3v) is 9.45. The van der Waals surface area contributed by atoms with E-state index in [9.17, 15) is 14.7 Å². The highest BCUT2D eigenvalue weighted by Crippen LogP contribution is 2.42. The molecule has 7 heteroatoms. The van der Waals surface area contributed by atoms with Gasteiger partial charge in [-0.3, -0.25) is 4.79 Å². The average Bonchev–Trinajstić information content (AvgIpc) is 3.46. The molecule has 1 aliphatic heterocycles. The monoisotopic (exact) mass is 490 g/mol. The van der Waals surface area contributed by atoms with E-state index < -0.39 is 5.97 Å². The third-order valence-electron chi connectivity index (χ3n) is 7.92. The van der Waals surface area contributed by atoms with Gasteiger partial charge in [0.2, 0.25) is 5.91 Å². The number of carbonyl (C=O) groups excluding carboxylic acids is 1. The van der Waals surface area contributed by atoms with Crippen LogP contribution in [0, 0.1) is 11.8 Å². The highest BCUT2D eigenvalue weighted by atomic mass is 32.1. The van der Waals surface area contributed by atoms with Gasteiger partial charge in [0.15, 0.2) is 0 Å². The molecular formula is C27H42N2O4S. The quantitative estimate of drug-likeness (QED) is 0.543. The van der Waals surface area contributed by atoms with Gasteiger partial charge in [0, 0.05) is 23.4 Å². The summed E-state index contributed by atoms with van der Waals surface area (Å²) in [6.45, 7) is 10.5. The molecule has 1 aromatic heterocycles. The maximum absolute atomic E-state index is 14.0. The molecule has 2 aliphatic carbocycles. The number of thiophene rings is 1. The Labute approximate surface area is 208 Å². The first kappa shape index (κ1) is 25.6. The van der Waals surface area contributed by atoms with E-state index in [0.717, 1.165) is 75.8 Å². The van der Waals surface area contributed by atoms with Crippen molar-refractivity contribution >= 4 is 28.9 Å². The molecule has 34 heavy (non-hydrogen) atoms. The molecule has 190 valence electrons. The molecule has 3 aliphatic rings. The zero-order valence-electron chi connectivity index (χ0n) is 21.3. The van der Waals surface area contributed by atoms with Gasteiger partial charge in [0.1, 0.15) is 4.88 Å². The Morgan fingerprint density at radius 3 is 2.26 bits per heavy atom. The summed E-state index contributed by atoms with van der Waals surface area (Å²) >= 11 is 1.33. The number of anilines is 1. The Hall–Kier alpha value is -1.44. The van der Waals surface area contributed by atoms with Crippen molar-refractivity contribution in [3.05, 3.63) is 15.8 Å². The van der Waals surface area contributed by atoms with Crippen LogP contribution in [0.2, 0.25) is 0 Å². The molecule has 3 fully saturated rings. The average molecular weight is 491 g/mol. The van der Waals surface area contributed by atoms with Crippen molar-refractivity contribution in [1.82, 2.24) is 5.32 Å². The lowest BCUT2D eigenvalue weighted by molar-refractivity contribution is -0.124. The fourth-order valence-electron chi connectivity index (χ4n) is 5.74. The molecule has 1 aromatic rings. The second-order valence-corrected chi connectivity index (χ2v) is 12.8. The van der Waals surface area contributed by atoms with Crippen LogP contribution in [0.4, 0.5) is 5.69 Å². The summed E-state index contributed by atoms with van der Waals surface area (Å²) < 4.78 is 6.33. The Morgan fingerprint density at radius 1 is 1.03 bits per heavy atom. The summed E-state index contributed by atoms with van der Waals surface area (Å²) in [5.74, 6) is -0.138. The second kappa shape index (κ2) is 10.7. The number of amides is 1. The molecule has 1 atom stereocenters. The molecule has 2 saturated carbocycles. The van der Waals surface area contributed by atoms with Crippen LogP contribution in [0.15, 0.2) is 6.07 Å². The largest absolute Gasteiger partial charge is 0.477 e. The number of hydrogen-bond acceptors (Lipinski definition) is 5. The van der Waals surface area contributed by atoms with Crippen LogP contribution in [-0.4, -0.2) is 48.3 Å². The third kappa shape index (κ3) is 5.85. The van der Waals surface area contributed by atoms with Gasteiger partial charge in [0.05, 0.1) is 17.9 Å². The number of ether oxygens (including phenoxy) is 1. The normalized spacial score (nSPS) is 30.3. The van der Waals surface area contributed by atoms with Gasteiger partial charge in [0.25, 0.3) is 0 Å². The first-order valence-electron chi connectivity index (χ1n) is 13.2. The van der Waals surface area contributed by atoms with E-state index in [0.29, 0.717) is 22.6 Å². The number of carboxylic acid groups (broad SMARTS) is 1. The minimum atomic E-state index is -0.934. The summed E-state index contributed by atoms with van der Waals surface area (Å²) in [6.07, 6.45) is 9.12. The van der Waals surface area contributed by atoms with Gasteiger partial charge in [-0.25, -0.2) is 4.79 Å².